The molecule has 0 unspecified atom stereocenters. The molecule has 0 saturated carbocycles. The quantitative estimate of drug-likeness (QED) is 0.689. The van der Waals surface area contributed by atoms with Crippen LogP contribution < -0.4 is 10.1 Å². The van der Waals surface area contributed by atoms with Crippen molar-refractivity contribution in [2.75, 3.05) is 18.2 Å². The molecular weight excluding hydrogens is 328 g/mol. The molecule has 1 aromatic carbocycles. The summed E-state index contributed by atoms with van der Waals surface area (Å²) < 4.78 is 10.6. The molecule has 2 heterocycles. The molecule has 7 nitrogen and oxygen atoms in total. The van der Waals surface area contributed by atoms with E-state index in [-0.39, 0.29) is 11.7 Å². The maximum Gasteiger partial charge on any atom is 0.277 e. The smallest absolute Gasteiger partial charge is 0.277 e. The number of hydrogen-bond acceptors (Lipinski definition) is 7. The second-order valence-electron chi connectivity index (χ2n) is 4.68. The van der Waals surface area contributed by atoms with Crippen LogP contribution in [0.5, 0.6) is 5.75 Å². The summed E-state index contributed by atoms with van der Waals surface area (Å²) in [7, 11) is 1.59. The van der Waals surface area contributed by atoms with Crippen LogP contribution in [0.25, 0.3) is 11.5 Å². The maximum absolute atomic E-state index is 12.0. The number of amides is 1. The molecule has 0 atom stereocenters. The summed E-state index contributed by atoms with van der Waals surface area (Å²) in [4.78, 5) is 16.0. The van der Waals surface area contributed by atoms with Gasteiger partial charge in [0, 0.05) is 18.1 Å². The average molecular weight is 342 g/mol. The van der Waals surface area contributed by atoms with E-state index in [1.807, 2.05) is 6.07 Å². The van der Waals surface area contributed by atoms with Crippen molar-refractivity contribution in [1.29, 1.82) is 0 Å². The standard InChI is InChI=1S/C16H14N4O3S/c1-22-13-6-4-12(5-7-13)18-14(21)10-24-16-20-19-15(23-16)11-3-2-8-17-9-11/h2-9H,10H2,1H3,(H,18,21). The van der Waals surface area contributed by atoms with Crippen molar-refractivity contribution in [2.24, 2.45) is 0 Å². The Labute approximate surface area is 142 Å². The summed E-state index contributed by atoms with van der Waals surface area (Å²) in [5.74, 6) is 1.12. The van der Waals surface area contributed by atoms with Crippen molar-refractivity contribution < 1.29 is 13.9 Å². The average Bonchev–Trinajstić information content (AvgIpc) is 3.10. The van der Waals surface area contributed by atoms with Gasteiger partial charge in [-0.3, -0.25) is 9.78 Å². The summed E-state index contributed by atoms with van der Waals surface area (Å²) >= 11 is 1.17. The zero-order chi connectivity index (χ0) is 16.8. The van der Waals surface area contributed by atoms with Gasteiger partial charge in [0.1, 0.15) is 5.75 Å². The number of pyridine rings is 1. The van der Waals surface area contributed by atoms with Crippen LogP contribution in [-0.4, -0.2) is 34.0 Å². The fraction of sp³-hybridized carbons (Fsp3) is 0.125. The van der Waals surface area contributed by atoms with Crippen LogP contribution in [0.2, 0.25) is 0 Å². The number of carbonyl (C=O) groups excluding carboxylic acids is 1. The van der Waals surface area contributed by atoms with E-state index in [9.17, 15) is 4.79 Å². The number of carbonyl (C=O) groups is 1. The van der Waals surface area contributed by atoms with Crippen LogP contribution in [0.3, 0.4) is 0 Å². The van der Waals surface area contributed by atoms with Crippen LogP contribution in [-0.2, 0) is 4.79 Å². The molecule has 1 N–H and O–H groups in total. The van der Waals surface area contributed by atoms with Gasteiger partial charge in [-0.05, 0) is 36.4 Å². The Balaban J connectivity index is 1.53. The summed E-state index contributed by atoms with van der Waals surface area (Å²) in [5.41, 5.74) is 1.43. The lowest BCUT2D eigenvalue weighted by atomic mass is 10.3. The summed E-state index contributed by atoms with van der Waals surface area (Å²) in [6, 6.07) is 10.7. The molecule has 0 fully saturated rings. The van der Waals surface area contributed by atoms with Gasteiger partial charge in [0.05, 0.1) is 18.4 Å². The molecule has 2 aromatic heterocycles. The van der Waals surface area contributed by atoms with Crippen molar-refractivity contribution in [1.82, 2.24) is 15.2 Å². The molecule has 0 radical (unpaired) electrons. The Morgan fingerprint density at radius 3 is 2.79 bits per heavy atom. The first-order chi connectivity index (χ1) is 11.7. The molecule has 3 aromatic rings. The van der Waals surface area contributed by atoms with E-state index < -0.39 is 0 Å². The first-order valence-corrected chi connectivity index (χ1v) is 8.04. The van der Waals surface area contributed by atoms with E-state index in [1.54, 1.807) is 49.8 Å². The Hall–Kier alpha value is -2.87. The lowest BCUT2D eigenvalue weighted by Crippen LogP contribution is -2.13. The van der Waals surface area contributed by atoms with Gasteiger partial charge >= 0.3 is 0 Å². The van der Waals surface area contributed by atoms with E-state index in [0.29, 0.717) is 16.8 Å². The van der Waals surface area contributed by atoms with E-state index in [2.05, 4.69) is 20.5 Å². The van der Waals surface area contributed by atoms with Crippen LogP contribution in [0.15, 0.2) is 58.4 Å². The Morgan fingerprint density at radius 1 is 1.25 bits per heavy atom. The number of ether oxygens (including phenoxy) is 1. The molecule has 0 aliphatic carbocycles. The Bertz CT molecular complexity index is 806. The van der Waals surface area contributed by atoms with Gasteiger partial charge in [0.25, 0.3) is 5.22 Å². The first kappa shape index (κ1) is 16.0. The first-order valence-electron chi connectivity index (χ1n) is 7.05. The lowest BCUT2D eigenvalue weighted by Gasteiger charge is -2.05. The molecule has 8 heteroatoms. The minimum absolute atomic E-state index is 0.161. The highest BCUT2D eigenvalue weighted by Crippen LogP contribution is 2.22. The molecule has 0 spiro atoms. The minimum Gasteiger partial charge on any atom is -0.497 e. The van der Waals surface area contributed by atoms with E-state index >= 15 is 0 Å². The summed E-state index contributed by atoms with van der Waals surface area (Å²) in [6.07, 6.45) is 3.30. The van der Waals surface area contributed by atoms with E-state index in [4.69, 9.17) is 9.15 Å². The number of nitrogens with zero attached hydrogens (tertiary/aromatic N) is 3. The van der Waals surface area contributed by atoms with Crippen LogP contribution in [0.1, 0.15) is 0 Å². The topological polar surface area (TPSA) is 90.1 Å². The number of anilines is 1. The number of nitrogens with one attached hydrogen (secondary N) is 1. The zero-order valence-corrected chi connectivity index (χ0v) is 13.6. The SMILES string of the molecule is COc1ccc(NC(=O)CSc2nnc(-c3cccnc3)o2)cc1. The Morgan fingerprint density at radius 2 is 2.08 bits per heavy atom. The second-order valence-corrected chi connectivity index (χ2v) is 5.61. The van der Waals surface area contributed by atoms with E-state index in [1.165, 1.54) is 11.8 Å². The molecule has 0 aliphatic rings. The number of thioether (sulfide) groups is 1. The molecule has 0 aliphatic heterocycles. The molecule has 24 heavy (non-hydrogen) atoms. The second kappa shape index (κ2) is 7.60. The van der Waals surface area contributed by atoms with E-state index in [0.717, 1.165) is 11.3 Å². The monoisotopic (exact) mass is 342 g/mol. The van der Waals surface area contributed by atoms with Gasteiger partial charge in [0.15, 0.2) is 0 Å². The zero-order valence-electron chi connectivity index (χ0n) is 12.8. The summed E-state index contributed by atoms with van der Waals surface area (Å²) in [6.45, 7) is 0. The highest BCUT2D eigenvalue weighted by atomic mass is 32.2. The van der Waals surface area contributed by atoms with Gasteiger partial charge in [0.2, 0.25) is 11.8 Å². The van der Waals surface area contributed by atoms with Crippen LogP contribution in [0.4, 0.5) is 5.69 Å². The number of hydrogen-bond donors (Lipinski definition) is 1. The predicted molar refractivity (Wildman–Crippen MR) is 89.9 cm³/mol. The molecule has 1 amide bonds. The normalized spacial score (nSPS) is 10.4. The van der Waals surface area contributed by atoms with Crippen molar-refractivity contribution in [3.63, 3.8) is 0 Å². The predicted octanol–water partition coefficient (Wildman–Crippen LogP) is 2.87. The van der Waals surface area contributed by atoms with Crippen LogP contribution >= 0.6 is 11.8 Å². The molecular formula is C16H14N4O3S. The van der Waals surface area contributed by atoms with Crippen molar-refractivity contribution in [3.8, 4) is 17.2 Å². The van der Waals surface area contributed by atoms with Crippen molar-refractivity contribution in [3.05, 3.63) is 48.8 Å². The van der Waals surface area contributed by atoms with Crippen molar-refractivity contribution >= 4 is 23.4 Å². The highest BCUT2D eigenvalue weighted by Gasteiger charge is 2.11. The number of benzene rings is 1. The molecule has 3 rings (SSSR count). The third-order valence-corrected chi connectivity index (χ3v) is 3.83. The third-order valence-electron chi connectivity index (χ3n) is 3.02. The number of rotatable bonds is 6. The molecule has 0 saturated heterocycles. The largest absolute Gasteiger partial charge is 0.497 e. The third kappa shape index (κ3) is 4.11. The van der Waals surface area contributed by atoms with Gasteiger partial charge in [-0.15, -0.1) is 10.2 Å². The minimum atomic E-state index is -0.161. The maximum atomic E-state index is 12.0. The molecule has 122 valence electrons. The number of methoxy groups -OCH3 is 1. The van der Waals surface area contributed by atoms with Gasteiger partial charge in [-0.2, -0.15) is 0 Å². The van der Waals surface area contributed by atoms with Crippen molar-refractivity contribution in [2.45, 2.75) is 5.22 Å². The summed E-state index contributed by atoms with van der Waals surface area (Å²) in [5, 5.41) is 11.0. The fourth-order valence-corrected chi connectivity index (χ4v) is 2.44. The Kier molecular flexibility index (Phi) is 5.07. The van der Waals surface area contributed by atoms with Crippen LogP contribution in [0, 0.1) is 0 Å². The van der Waals surface area contributed by atoms with Gasteiger partial charge < -0.3 is 14.5 Å². The molecule has 0 bridgehead atoms. The van der Waals surface area contributed by atoms with Gasteiger partial charge in [-0.1, -0.05) is 11.8 Å². The number of aromatic nitrogens is 3. The highest BCUT2D eigenvalue weighted by molar-refractivity contribution is 7.99. The fourth-order valence-electron chi connectivity index (χ4n) is 1.87. The lowest BCUT2D eigenvalue weighted by molar-refractivity contribution is -0.113. The van der Waals surface area contributed by atoms with Gasteiger partial charge in [-0.25, -0.2) is 0 Å².